The first-order valence-corrected chi connectivity index (χ1v) is 8.00. The van der Waals surface area contributed by atoms with Crippen LogP contribution in [0.5, 0.6) is 0 Å². The van der Waals surface area contributed by atoms with Gasteiger partial charge in [0.05, 0.1) is 12.0 Å². The van der Waals surface area contributed by atoms with Crippen molar-refractivity contribution in [1.29, 1.82) is 0 Å². The first-order valence-electron chi connectivity index (χ1n) is 8.00. The number of nitrogens with zero attached hydrogens (tertiary/aromatic N) is 3. The summed E-state index contributed by atoms with van der Waals surface area (Å²) in [7, 11) is 0. The molecule has 1 saturated carbocycles. The smallest absolute Gasteiger partial charge is 0.225 e. The zero-order valence-electron chi connectivity index (χ0n) is 12.9. The van der Waals surface area contributed by atoms with Crippen molar-refractivity contribution in [2.75, 3.05) is 0 Å². The summed E-state index contributed by atoms with van der Waals surface area (Å²) in [5.41, 5.74) is 5.92. The Bertz CT molecular complexity index is 536. The molecule has 0 radical (unpaired) electrons. The Morgan fingerprint density at radius 1 is 1.43 bits per heavy atom. The number of hydrogen-bond donors (Lipinski definition) is 2. The number of amides is 1. The Morgan fingerprint density at radius 2 is 2.24 bits per heavy atom. The van der Waals surface area contributed by atoms with E-state index in [1.54, 1.807) is 0 Å². The Morgan fingerprint density at radius 3 is 3.00 bits per heavy atom. The van der Waals surface area contributed by atoms with Gasteiger partial charge in [0.1, 0.15) is 5.82 Å². The minimum Gasteiger partial charge on any atom is -0.346 e. The molecule has 6 heteroatoms. The number of carbonyl (C=O) groups is 1. The van der Waals surface area contributed by atoms with Gasteiger partial charge in [-0.15, -0.1) is 10.2 Å². The summed E-state index contributed by atoms with van der Waals surface area (Å²) in [4.78, 5) is 12.6. The van der Waals surface area contributed by atoms with Gasteiger partial charge < -0.3 is 15.6 Å². The molecule has 0 aromatic carbocycles. The van der Waals surface area contributed by atoms with E-state index in [9.17, 15) is 4.79 Å². The van der Waals surface area contributed by atoms with Gasteiger partial charge >= 0.3 is 0 Å². The molecule has 3 unspecified atom stereocenters. The SMILES string of the molecule is CC(NC(=O)C1CCCCC1(C)N)c1nnc2n1CCC2. The molecule has 1 aromatic rings. The van der Waals surface area contributed by atoms with Crippen LogP contribution in [0.4, 0.5) is 0 Å². The number of nitrogens with one attached hydrogen (secondary N) is 1. The molecule has 1 fully saturated rings. The lowest BCUT2D eigenvalue weighted by Gasteiger charge is -2.37. The molecule has 0 bridgehead atoms. The Kier molecular flexibility index (Phi) is 3.73. The lowest BCUT2D eigenvalue weighted by molar-refractivity contribution is -0.128. The fraction of sp³-hybridized carbons (Fsp3) is 0.800. The first-order chi connectivity index (χ1) is 9.99. The number of rotatable bonds is 3. The molecule has 2 heterocycles. The van der Waals surface area contributed by atoms with Gasteiger partial charge in [-0.25, -0.2) is 0 Å². The molecule has 21 heavy (non-hydrogen) atoms. The zero-order valence-corrected chi connectivity index (χ0v) is 12.9. The molecule has 0 saturated heterocycles. The summed E-state index contributed by atoms with van der Waals surface area (Å²) in [6.07, 6.45) is 6.09. The topological polar surface area (TPSA) is 85.8 Å². The van der Waals surface area contributed by atoms with E-state index in [0.717, 1.165) is 56.7 Å². The second kappa shape index (κ2) is 5.40. The summed E-state index contributed by atoms with van der Waals surface area (Å²) in [5, 5.41) is 11.5. The van der Waals surface area contributed by atoms with Gasteiger partial charge in [-0.2, -0.15) is 0 Å². The van der Waals surface area contributed by atoms with Crippen molar-refractivity contribution in [3.8, 4) is 0 Å². The Labute approximate surface area is 125 Å². The van der Waals surface area contributed by atoms with Crippen LogP contribution in [0.15, 0.2) is 0 Å². The molecule has 3 atom stereocenters. The van der Waals surface area contributed by atoms with Crippen LogP contribution < -0.4 is 11.1 Å². The van der Waals surface area contributed by atoms with Crippen molar-refractivity contribution >= 4 is 5.91 Å². The predicted molar refractivity (Wildman–Crippen MR) is 79.5 cm³/mol. The number of aryl methyl sites for hydroxylation is 1. The lowest BCUT2D eigenvalue weighted by atomic mass is 9.74. The average Bonchev–Trinajstić information content (AvgIpc) is 2.99. The van der Waals surface area contributed by atoms with Crippen LogP contribution >= 0.6 is 0 Å². The van der Waals surface area contributed by atoms with Crippen molar-refractivity contribution in [2.45, 2.75) is 70.5 Å². The van der Waals surface area contributed by atoms with Crippen LogP contribution in [0.2, 0.25) is 0 Å². The third-order valence-electron chi connectivity index (χ3n) is 4.95. The van der Waals surface area contributed by atoms with E-state index in [2.05, 4.69) is 20.1 Å². The predicted octanol–water partition coefficient (Wildman–Crippen LogP) is 1.31. The third-order valence-corrected chi connectivity index (χ3v) is 4.95. The van der Waals surface area contributed by atoms with E-state index in [-0.39, 0.29) is 17.9 Å². The fourth-order valence-electron chi connectivity index (χ4n) is 3.66. The highest BCUT2D eigenvalue weighted by atomic mass is 16.2. The van der Waals surface area contributed by atoms with Gasteiger partial charge in [-0.1, -0.05) is 12.8 Å². The van der Waals surface area contributed by atoms with E-state index in [0.29, 0.717) is 0 Å². The number of aromatic nitrogens is 3. The maximum Gasteiger partial charge on any atom is 0.225 e. The second-order valence-electron chi connectivity index (χ2n) is 6.76. The van der Waals surface area contributed by atoms with E-state index < -0.39 is 5.54 Å². The molecule has 6 nitrogen and oxygen atoms in total. The minimum atomic E-state index is -0.394. The molecular formula is C15H25N5O. The Hall–Kier alpha value is -1.43. The number of carbonyl (C=O) groups excluding carboxylic acids is 1. The van der Waals surface area contributed by atoms with E-state index >= 15 is 0 Å². The van der Waals surface area contributed by atoms with E-state index in [1.807, 2.05) is 13.8 Å². The van der Waals surface area contributed by atoms with Gasteiger partial charge in [-0.05, 0) is 33.1 Å². The van der Waals surface area contributed by atoms with Crippen LogP contribution in [0.3, 0.4) is 0 Å². The highest BCUT2D eigenvalue weighted by molar-refractivity contribution is 5.80. The van der Waals surface area contributed by atoms with Gasteiger partial charge in [-0.3, -0.25) is 4.79 Å². The van der Waals surface area contributed by atoms with Crippen molar-refractivity contribution < 1.29 is 4.79 Å². The molecule has 3 rings (SSSR count). The van der Waals surface area contributed by atoms with Gasteiger partial charge in [0.15, 0.2) is 5.82 Å². The highest BCUT2D eigenvalue weighted by Crippen LogP contribution is 2.32. The monoisotopic (exact) mass is 291 g/mol. The standard InChI is InChI=1S/C15H25N5O/c1-10(13-19-18-12-7-5-9-20(12)13)17-14(21)11-6-3-4-8-15(11,2)16/h10-11H,3-9,16H2,1-2H3,(H,17,21). The molecule has 0 spiro atoms. The van der Waals surface area contributed by atoms with Crippen molar-refractivity contribution in [1.82, 2.24) is 20.1 Å². The number of hydrogen-bond acceptors (Lipinski definition) is 4. The molecule has 1 aliphatic carbocycles. The molecule has 116 valence electrons. The Balaban J connectivity index is 1.69. The maximum atomic E-state index is 12.6. The molecule has 1 aromatic heterocycles. The summed E-state index contributed by atoms with van der Waals surface area (Å²) >= 11 is 0. The number of nitrogens with two attached hydrogens (primary N) is 1. The van der Waals surface area contributed by atoms with Gasteiger partial charge in [0.25, 0.3) is 0 Å². The van der Waals surface area contributed by atoms with E-state index in [4.69, 9.17) is 5.73 Å². The summed E-state index contributed by atoms with van der Waals surface area (Å²) < 4.78 is 2.13. The lowest BCUT2D eigenvalue weighted by Crippen LogP contribution is -2.53. The second-order valence-corrected chi connectivity index (χ2v) is 6.76. The van der Waals surface area contributed by atoms with Crippen LogP contribution in [-0.4, -0.2) is 26.2 Å². The average molecular weight is 291 g/mol. The summed E-state index contributed by atoms with van der Waals surface area (Å²) in [5.74, 6) is 1.86. The van der Waals surface area contributed by atoms with Gasteiger partial charge in [0, 0.05) is 18.5 Å². The van der Waals surface area contributed by atoms with Crippen LogP contribution in [-0.2, 0) is 17.8 Å². The van der Waals surface area contributed by atoms with Crippen LogP contribution in [0.25, 0.3) is 0 Å². The van der Waals surface area contributed by atoms with Crippen LogP contribution in [0.1, 0.15) is 63.6 Å². The fourth-order valence-corrected chi connectivity index (χ4v) is 3.66. The summed E-state index contributed by atoms with van der Waals surface area (Å²) in [6, 6.07) is -0.116. The molecule has 1 amide bonds. The van der Waals surface area contributed by atoms with Crippen molar-refractivity contribution in [2.24, 2.45) is 11.7 Å². The molecule has 2 aliphatic rings. The molecular weight excluding hydrogens is 266 g/mol. The highest BCUT2D eigenvalue weighted by Gasteiger charge is 2.38. The quantitative estimate of drug-likeness (QED) is 0.879. The zero-order chi connectivity index (χ0) is 15.0. The maximum absolute atomic E-state index is 12.6. The largest absolute Gasteiger partial charge is 0.346 e. The minimum absolute atomic E-state index is 0.0579. The first kappa shape index (κ1) is 14.5. The molecule has 1 aliphatic heterocycles. The van der Waals surface area contributed by atoms with Gasteiger partial charge in [0.2, 0.25) is 5.91 Å². The van der Waals surface area contributed by atoms with Crippen LogP contribution in [0, 0.1) is 5.92 Å². The van der Waals surface area contributed by atoms with Crippen molar-refractivity contribution in [3.63, 3.8) is 0 Å². The number of fused-ring (bicyclic) bond motifs is 1. The molecule has 3 N–H and O–H groups in total. The summed E-state index contributed by atoms with van der Waals surface area (Å²) in [6.45, 7) is 4.93. The third kappa shape index (κ3) is 2.69. The normalized spacial score (nSPS) is 30.0. The van der Waals surface area contributed by atoms with Crippen molar-refractivity contribution in [3.05, 3.63) is 11.6 Å². The van der Waals surface area contributed by atoms with E-state index in [1.165, 1.54) is 0 Å².